The minimum atomic E-state index is -0.444. The summed E-state index contributed by atoms with van der Waals surface area (Å²) in [4.78, 5) is 25.6. The van der Waals surface area contributed by atoms with Crippen LogP contribution in [0.1, 0.15) is 12.0 Å². The van der Waals surface area contributed by atoms with Crippen molar-refractivity contribution in [2.45, 2.75) is 12.8 Å². The molecule has 0 unspecified atom stereocenters. The lowest BCUT2D eigenvalue weighted by Gasteiger charge is -2.03. The van der Waals surface area contributed by atoms with Crippen LogP contribution in [0, 0.1) is 0 Å². The first-order chi connectivity index (χ1) is 9.20. The molecule has 0 aliphatic rings. The van der Waals surface area contributed by atoms with Crippen molar-refractivity contribution in [1.82, 2.24) is 10.3 Å². The standard InChI is InChI=1S/C14H16N2O3/c1-19-14(18)9-16-13(17)7-6-10-8-15-12-5-3-2-4-11(10)12/h2-5,8,15H,6-7,9H2,1H3,(H,16,17). The van der Waals surface area contributed by atoms with Crippen LogP contribution in [0.2, 0.25) is 0 Å². The average Bonchev–Trinajstić information content (AvgIpc) is 2.85. The van der Waals surface area contributed by atoms with Gasteiger partial charge < -0.3 is 15.0 Å². The fourth-order valence-electron chi connectivity index (χ4n) is 1.92. The number of aryl methyl sites for hydroxylation is 1. The number of esters is 1. The maximum absolute atomic E-state index is 11.6. The zero-order valence-electron chi connectivity index (χ0n) is 10.7. The van der Waals surface area contributed by atoms with Crippen molar-refractivity contribution in [3.05, 3.63) is 36.0 Å². The van der Waals surface area contributed by atoms with Crippen LogP contribution in [0.5, 0.6) is 0 Å². The Morgan fingerprint density at radius 1 is 1.32 bits per heavy atom. The van der Waals surface area contributed by atoms with E-state index in [1.165, 1.54) is 7.11 Å². The summed E-state index contributed by atoms with van der Waals surface area (Å²) < 4.78 is 4.45. The number of fused-ring (bicyclic) bond motifs is 1. The van der Waals surface area contributed by atoms with Gasteiger partial charge in [-0.2, -0.15) is 0 Å². The summed E-state index contributed by atoms with van der Waals surface area (Å²) >= 11 is 0. The number of rotatable bonds is 5. The summed E-state index contributed by atoms with van der Waals surface area (Å²) in [6, 6.07) is 7.95. The maximum atomic E-state index is 11.6. The molecule has 5 nitrogen and oxygen atoms in total. The van der Waals surface area contributed by atoms with Gasteiger partial charge in [-0.15, -0.1) is 0 Å². The van der Waals surface area contributed by atoms with E-state index in [1.54, 1.807) is 0 Å². The van der Waals surface area contributed by atoms with E-state index in [2.05, 4.69) is 15.0 Å². The highest BCUT2D eigenvalue weighted by Gasteiger charge is 2.08. The van der Waals surface area contributed by atoms with Gasteiger partial charge in [0.15, 0.2) is 0 Å². The van der Waals surface area contributed by atoms with Crippen molar-refractivity contribution < 1.29 is 14.3 Å². The van der Waals surface area contributed by atoms with Crippen molar-refractivity contribution in [2.75, 3.05) is 13.7 Å². The van der Waals surface area contributed by atoms with E-state index in [9.17, 15) is 9.59 Å². The lowest BCUT2D eigenvalue weighted by atomic mass is 10.1. The lowest BCUT2D eigenvalue weighted by molar-refractivity contribution is -0.141. The molecule has 1 heterocycles. The third-order valence-corrected chi connectivity index (χ3v) is 2.95. The maximum Gasteiger partial charge on any atom is 0.325 e. The number of carbonyl (C=O) groups is 2. The predicted molar refractivity (Wildman–Crippen MR) is 71.6 cm³/mol. The molecule has 0 fully saturated rings. The quantitative estimate of drug-likeness (QED) is 0.798. The highest BCUT2D eigenvalue weighted by atomic mass is 16.5. The Labute approximate surface area is 110 Å². The number of nitrogens with one attached hydrogen (secondary N) is 2. The van der Waals surface area contributed by atoms with Gasteiger partial charge >= 0.3 is 5.97 Å². The van der Waals surface area contributed by atoms with E-state index < -0.39 is 5.97 Å². The normalized spacial score (nSPS) is 10.4. The van der Waals surface area contributed by atoms with Crippen molar-refractivity contribution >= 4 is 22.8 Å². The van der Waals surface area contributed by atoms with E-state index in [1.807, 2.05) is 30.5 Å². The Hall–Kier alpha value is -2.30. The first-order valence-corrected chi connectivity index (χ1v) is 6.09. The molecule has 0 radical (unpaired) electrons. The second kappa shape index (κ2) is 6.04. The summed E-state index contributed by atoms with van der Waals surface area (Å²) in [7, 11) is 1.29. The van der Waals surface area contributed by atoms with Crippen LogP contribution >= 0.6 is 0 Å². The predicted octanol–water partition coefficient (Wildman–Crippen LogP) is 1.39. The van der Waals surface area contributed by atoms with E-state index in [4.69, 9.17) is 0 Å². The third-order valence-electron chi connectivity index (χ3n) is 2.95. The Balaban J connectivity index is 1.88. The molecule has 2 N–H and O–H groups in total. The SMILES string of the molecule is COC(=O)CNC(=O)CCc1c[nH]c2ccccc12. The highest BCUT2D eigenvalue weighted by molar-refractivity contribution is 5.85. The Kier molecular flexibility index (Phi) is 4.18. The molecule has 2 aromatic rings. The van der Waals surface area contributed by atoms with Gasteiger partial charge in [0.05, 0.1) is 7.11 Å². The van der Waals surface area contributed by atoms with Gasteiger partial charge in [0.25, 0.3) is 0 Å². The molecule has 0 spiro atoms. The van der Waals surface area contributed by atoms with Gasteiger partial charge in [0.2, 0.25) is 5.91 Å². The lowest BCUT2D eigenvalue weighted by Crippen LogP contribution is -2.30. The van der Waals surface area contributed by atoms with Gasteiger partial charge in [0, 0.05) is 23.5 Å². The van der Waals surface area contributed by atoms with Gasteiger partial charge in [-0.1, -0.05) is 18.2 Å². The summed E-state index contributed by atoms with van der Waals surface area (Å²) in [6.07, 6.45) is 2.90. The van der Waals surface area contributed by atoms with E-state index in [0.29, 0.717) is 12.8 Å². The second-order valence-corrected chi connectivity index (χ2v) is 4.21. The van der Waals surface area contributed by atoms with E-state index >= 15 is 0 Å². The molecule has 0 aliphatic carbocycles. The number of hydrogen-bond acceptors (Lipinski definition) is 3. The van der Waals surface area contributed by atoms with Gasteiger partial charge in [0.1, 0.15) is 6.54 Å². The summed E-state index contributed by atoms with van der Waals surface area (Å²) in [5.41, 5.74) is 2.16. The Morgan fingerprint density at radius 3 is 2.89 bits per heavy atom. The number of benzene rings is 1. The molecule has 1 aromatic heterocycles. The van der Waals surface area contributed by atoms with Crippen molar-refractivity contribution in [1.29, 1.82) is 0 Å². The number of amides is 1. The first-order valence-electron chi connectivity index (χ1n) is 6.09. The molecule has 0 saturated heterocycles. The van der Waals surface area contributed by atoms with Crippen LogP contribution in [0.3, 0.4) is 0 Å². The monoisotopic (exact) mass is 260 g/mol. The molecule has 100 valence electrons. The van der Waals surface area contributed by atoms with Crippen molar-refractivity contribution in [3.8, 4) is 0 Å². The number of methoxy groups -OCH3 is 1. The van der Waals surface area contributed by atoms with Crippen LogP contribution in [-0.4, -0.2) is 30.5 Å². The average molecular weight is 260 g/mol. The molecule has 0 saturated carbocycles. The summed E-state index contributed by atoms with van der Waals surface area (Å²) in [6.45, 7) is -0.0801. The zero-order valence-corrected chi connectivity index (χ0v) is 10.7. The van der Waals surface area contributed by atoms with Gasteiger partial charge in [-0.3, -0.25) is 9.59 Å². The number of H-pyrrole nitrogens is 1. The third kappa shape index (κ3) is 3.34. The van der Waals surface area contributed by atoms with Gasteiger partial charge in [-0.25, -0.2) is 0 Å². The summed E-state index contributed by atoms with van der Waals surface area (Å²) in [5.74, 6) is -0.601. The smallest absolute Gasteiger partial charge is 0.325 e. The molecule has 1 aromatic carbocycles. The number of aromatic nitrogens is 1. The molecule has 2 rings (SSSR count). The first kappa shape index (κ1) is 13.1. The molecule has 0 atom stereocenters. The molecule has 1 amide bonds. The van der Waals surface area contributed by atoms with E-state index in [-0.39, 0.29) is 12.5 Å². The van der Waals surface area contributed by atoms with Crippen LogP contribution in [0.4, 0.5) is 0 Å². The molecule has 0 aliphatic heterocycles. The number of aromatic amines is 1. The Bertz CT molecular complexity index is 589. The highest BCUT2D eigenvalue weighted by Crippen LogP contribution is 2.18. The number of ether oxygens (including phenoxy) is 1. The van der Waals surface area contributed by atoms with Crippen LogP contribution < -0.4 is 5.32 Å². The molecule has 19 heavy (non-hydrogen) atoms. The summed E-state index contributed by atoms with van der Waals surface area (Å²) in [5, 5.41) is 3.65. The Morgan fingerprint density at radius 2 is 2.11 bits per heavy atom. The topological polar surface area (TPSA) is 71.2 Å². The van der Waals surface area contributed by atoms with E-state index in [0.717, 1.165) is 16.5 Å². The zero-order chi connectivity index (χ0) is 13.7. The van der Waals surface area contributed by atoms with Crippen LogP contribution in [-0.2, 0) is 20.7 Å². The van der Waals surface area contributed by atoms with Crippen molar-refractivity contribution in [3.63, 3.8) is 0 Å². The minimum absolute atomic E-state index is 0.0801. The fraction of sp³-hybridized carbons (Fsp3) is 0.286. The van der Waals surface area contributed by atoms with Crippen LogP contribution in [0.25, 0.3) is 10.9 Å². The van der Waals surface area contributed by atoms with Gasteiger partial charge in [-0.05, 0) is 18.1 Å². The largest absolute Gasteiger partial charge is 0.468 e. The number of hydrogen-bond donors (Lipinski definition) is 2. The van der Waals surface area contributed by atoms with Crippen molar-refractivity contribution in [2.24, 2.45) is 0 Å². The molecule has 5 heteroatoms. The molecular weight excluding hydrogens is 244 g/mol. The number of carbonyl (C=O) groups excluding carboxylic acids is 2. The minimum Gasteiger partial charge on any atom is -0.468 e. The second-order valence-electron chi connectivity index (χ2n) is 4.21. The fourth-order valence-corrected chi connectivity index (χ4v) is 1.92. The number of para-hydroxylation sites is 1. The van der Waals surface area contributed by atoms with Crippen LogP contribution in [0.15, 0.2) is 30.5 Å². The molecular formula is C14H16N2O3. The molecule has 0 bridgehead atoms.